The molecule has 0 aliphatic heterocycles. The predicted molar refractivity (Wildman–Crippen MR) is 99.3 cm³/mol. The van der Waals surface area contributed by atoms with Crippen molar-refractivity contribution in [3.63, 3.8) is 0 Å². The van der Waals surface area contributed by atoms with E-state index in [1.807, 2.05) is 0 Å². The zero-order chi connectivity index (χ0) is 16.3. The monoisotopic (exact) mass is 326 g/mol. The molecule has 0 amide bonds. The average Bonchev–Trinajstić information content (AvgIpc) is 2.50. The Morgan fingerprint density at radius 1 is 0.773 bits per heavy atom. The highest BCUT2D eigenvalue weighted by atomic mass is 32.2. The van der Waals surface area contributed by atoms with Gasteiger partial charge in [-0.2, -0.15) is 0 Å². The highest BCUT2D eigenvalue weighted by molar-refractivity contribution is 7.79. The lowest BCUT2D eigenvalue weighted by Gasteiger charge is -2.01. The fraction of sp³-hybridized carbons (Fsp3) is 0.684. The molecule has 0 fully saturated rings. The van der Waals surface area contributed by atoms with Crippen molar-refractivity contribution in [3.05, 3.63) is 36.5 Å². The van der Waals surface area contributed by atoms with Crippen LogP contribution in [0.25, 0.3) is 0 Å². The van der Waals surface area contributed by atoms with Gasteiger partial charge >= 0.3 is 0 Å². The minimum atomic E-state index is -1.10. The molecule has 0 bridgehead atoms. The van der Waals surface area contributed by atoms with Gasteiger partial charge in [0.05, 0.1) is 6.61 Å². The number of allylic oxidation sites excluding steroid dienone is 6. The Bertz CT molecular complexity index is 332. The van der Waals surface area contributed by atoms with Crippen molar-refractivity contribution in [2.75, 3.05) is 12.9 Å². The quantitative estimate of drug-likeness (QED) is 0.277. The van der Waals surface area contributed by atoms with Crippen LogP contribution in [-0.2, 0) is 15.3 Å². The molecule has 0 aromatic heterocycles. The normalized spacial score (nSPS) is 13.7. The summed E-state index contributed by atoms with van der Waals surface area (Å²) in [4.78, 5) is 0. The van der Waals surface area contributed by atoms with Crippen molar-refractivity contribution in [1.82, 2.24) is 0 Å². The van der Waals surface area contributed by atoms with Gasteiger partial charge in [0.1, 0.15) is 0 Å². The molecule has 1 unspecified atom stereocenters. The summed E-state index contributed by atoms with van der Waals surface area (Å²) in [6.07, 6.45) is 26.8. The molecule has 1 atom stereocenters. The number of rotatable bonds is 15. The van der Waals surface area contributed by atoms with Crippen LogP contribution >= 0.6 is 0 Å². The van der Waals surface area contributed by atoms with Crippen LogP contribution in [0, 0.1) is 0 Å². The maximum absolute atomic E-state index is 10.7. The first-order chi connectivity index (χ1) is 10.8. The molecular weight excluding hydrogens is 292 g/mol. The van der Waals surface area contributed by atoms with Gasteiger partial charge in [-0.1, -0.05) is 69.1 Å². The molecule has 3 heteroatoms. The van der Waals surface area contributed by atoms with E-state index in [0.717, 1.165) is 25.7 Å². The SMILES string of the molecule is CC/C=C\C/C=C\C/C=C\CCCCCCCCOS(C)=O. The Hall–Kier alpha value is -0.670. The van der Waals surface area contributed by atoms with Gasteiger partial charge in [0.25, 0.3) is 0 Å². The Morgan fingerprint density at radius 2 is 1.32 bits per heavy atom. The Balaban J connectivity index is 3.20. The molecule has 0 heterocycles. The number of hydrogen-bond acceptors (Lipinski definition) is 2. The third-order valence-electron chi connectivity index (χ3n) is 3.29. The molecule has 0 saturated heterocycles. The summed E-state index contributed by atoms with van der Waals surface area (Å²) in [6, 6.07) is 0. The van der Waals surface area contributed by atoms with Crippen molar-refractivity contribution in [2.45, 2.75) is 71.1 Å². The van der Waals surface area contributed by atoms with Crippen LogP contribution in [0.5, 0.6) is 0 Å². The number of hydrogen-bond donors (Lipinski definition) is 0. The van der Waals surface area contributed by atoms with Crippen LogP contribution < -0.4 is 0 Å². The fourth-order valence-electron chi connectivity index (χ4n) is 2.07. The highest BCUT2D eigenvalue weighted by Crippen LogP contribution is 2.08. The lowest BCUT2D eigenvalue weighted by molar-refractivity contribution is 0.334. The van der Waals surface area contributed by atoms with Gasteiger partial charge < -0.3 is 0 Å². The molecule has 0 rings (SSSR count). The average molecular weight is 327 g/mol. The van der Waals surface area contributed by atoms with E-state index in [9.17, 15) is 4.21 Å². The van der Waals surface area contributed by atoms with Crippen LogP contribution in [0.3, 0.4) is 0 Å². The number of unbranched alkanes of at least 4 members (excludes halogenated alkanes) is 6. The van der Waals surface area contributed by atoms with Gasteiger partial charge in [-0.05, 0) is 38.5 Å². The van der Waals surface area contributed by atoms with E-state index in [0.29, 0.717) is 6.61 Å². The van der Waals surface area contributed by atoms with Gasteiger partial charge in [0.15, 0.2) is 11.1 Å². The molecule has 0 aliphatic carbocycles. The summed E-state index contributed by atoms with van der Waals surface area (Å²) in [7, 11) is 0. The predicted octanol–water partition coefficient (Wildman–Crippen LogP) is 5.89. The van der Waals surface area contributed by atoms with Gasteiger partial charge in [-0.25, -0.2) is 4.21 Å². The largest absolute Gasteiger partial charge is 0.291 e. The van der Waals surface area contributed by atoms with E-state index < -0.39 is 11.1 Å². The van der Waals surface area contributed by atoms with E-state index in [2.05, 4.69) is 43.4 Å². The second kappa shape index (κ2) is 18.4. The van der Waals surface area contributed by atoms with Crippen molar-refractivity contribution < 1.29 is 8.39 Å². The Kier molecular flexibility index (Phi) is 17.8. The highest BCUT2D eigenvalue weighted by Gasteiger charge is 1.93. The first kappa shape index (κ1) is 21.3. The van der Waals surface area contributed by atoms with E-state index in [4.69, 9.17) is 4.18 Å². The molecule has 0 aromatic carbocycles. The molecule has 128 valence electrons. The fourth-order valence-corrected chi connectivity index (χ4v) is 2.43. The second-order valence-electron chi connectivity index (χ2n) is 5.43. The maximum Gasteiger partial charge on any atom is 0.152 e. The molecule has 22 heavy (non-hydrogen) atoms. The van der Waals surface area contributed by atoms with Gasteiger partial charge in [0.2, 0.25) is 0 Å². The van der Waals surface area contributed by atoms with E-state index in [1.54, 1.807) is 6.26 Å². The Morgan fingerprint density at radius 3 is 1.95 bits per heavy atom. The summed E-state index contributed by atoms with van der Waals surface area (Å²) >= 11 is -1.10. The first-order valence-electron chi connectivity index (χ1n) is 8.69. The van der Waals surface area contributed by atoms with E-state index in [1.165, 1.54) is 38.5 Å². The topological polar surface area (TPSA) is 26.3 Å². The molecule has 0 aliphatic rings. The van der Waals surface area contributed by atoms with Crippen molar-refractivity contribution in [3.8, 4) is 0 Å². The van der Waals surface area contributed by atoms with E-state index >= 15 is 0 Å². The van der Waals surface area contributed by atoms with Crippen molar-refractivity contribution in [1.29, 1.82) is 0 Å². The van der Waals surface area contributed by atoms with Crippen molar-refractivity contribution in [2.24, 2.45) is 0 Å². The third-order valence-corrected chi connectivity index (χ3v) is 3.79. The van der Waals surface area contributed by atoms with E-state index in [-0.39, 0.29) is 0 Å². The summed E-state index contributed by atoms with van der Waals surface area (Å²) in [5, 5.41) is 0. The summed E-state index contributed by atoms with van der Waals surface area (Å²) in [6.45, 7) is 2.79. The molecule has 0 spiro atoms. The minimum Gasteiger partial charge on any atom is -0.291 e. The van der Waals surface area contributed by atoms with Crippen molar-refractivity contribution >= 4 is 11.1 Å². The van der Waals surface area contributed by atoms with Crippen LogP contribution in [-0.4, -0.2) is 17.1 Å². The second-order valence-corrected chi connectivity index (χ2v) is 6.47. The van der Waals surface area contributed by atoms with Gasteiger partial charge in [-0.15, -0.1) is 0 Å². The molecule has 0 radical (unpaired) electrons. The minimum absolute atomic E-state index is 0.633. The lowest BCUT2D eigenvalue weighted by Crippen LogP contribution is -1.96. The summed E-state index contributed by atoms with van der Waals surface area (Å²) < 4.78 is 15.7. The Labute approximate surface area is 140 Å². The maximum atomic E-state index is 10.7. The summed E-state index contributed by atoms with van der Waals surface area (Å²) in [5.74, 6) is 0. The third kappa shape index (κ3) is 19.3. The van der Waals surface area contributed by atoms with Crippen LogP contribution in [0.2, 0.25) is 0 Å². The molecule has 0 N–H and O–H groups in total. The zero-order valence-electron chi connectivity index (χ0n) is 14.5. The lowest BCUT2D eigenvalue weighted by atomic mass is 10.1. The molecule has 2 nitrogen and oxygen atoms in total. The first-order valence-corrected chi connectivity index (χ1v) is 10.2. The summed E-state index contributed by atoms with van der Waals surface area (Å²) in [5.41, 5.74) is 0. The smallest absolute Gasteiger partial charge is 0.152 e. The zero-order valence-corrected chi connectivity index (χ0v) is 15.3. The molecule has 0 saturated carbocycles. The molecule has 0 aromatic rings. The van der Waals surface area contributed by atoms with Crippen LogP contribution in [0.4, 0.5) is 0 Å². The van der Waals surface area contributed by atoms with Gasteiger partial charge in [0, 0.05) is 6.26 Å². The van der Waals surface area contributed by atoms with Crippen LogP contribution in [0.15, 0.2) is 36.5 Å². The molecular formula is C19H34O2S. The van der Waals surface area contributed by atoms with Gasteiger partial charge in [-0.3, -0.25) is 4.18 Å². The van der Waals surface area contributed by atoms with Crippen LogP contribution in [0.1, 0.15) is 71.1 Å². The standard InChI is InChI=1S/C19H34O2S/c1-3-4-5-6-7-8-9-10-11-12-13-14-15-16-17-18-19-21-22(2)20/h4-5,7-8,10-11H,3,6,9,12-19H2,1-2H3/b5-4-,8-7-,11-10-.